The predicted molar refractivity (Wildman–Crippen MR) is 78.7 cm³/mol. The van der Waals surface area contributed by atoms with Gasteiger partial charge in [-0.1, -0.05) is 29.8 Å². The van der Waals surface area contributed by atoms with Crippen molar-refractivity contribution in [3.63, 3.8) is 0 Å². The Kier molecular flexibility index (Phi) is 4.37. The van der Waals surface area contributed by atoms with Gasteiger partial charge in [0.2, 0.25) is 0 Å². The lowest BCUT2D eigenvalue weighted by Gasteiger charge is -2.15. The van der Waals surface area contributed by atoms with Crippen LogP contribution >= 0.6 is 27.3 Å². The van der Waals surface area contributed by atoms with E-state index in [0.717, 1.165) is 6.42 Å². The maximum atomic E-state index is 3.60. The maximum absolute atomic E-state index is 3.60. The number of hydrogen-bond donors (Lipinski definition) is 1. The molecule has 0 spiro atoms. The molecule has 0 fully saturated rings. The van der Waals surface area contributed by atoms with Crippen molar-refractivity contribution in [2.24, 2.45) is 0 Å². The third-order valence-electron chi connectivity index (χ3n) is 2.87. The molecular formula is C14H16BrNS. The van der Waals surface area contributed by atoms with Gasteiger partial charge in [0.15, 0.2) is 0 Å². The molecular weight excluding hydrogens is 294 g/mol. The van der Waals surface area contributed by atoms with E-state index in [4.69, 9.17) is 0 Å². The van der Waals surface area contributed by atoms with Crippen LogP contribution in [0.1, 0.15) is 22.0 Å². The van der Waals surface area contributed by atoms with Gasteiger partial charge < -0.3 is 5.32 Å². The number of hydrogen-bond acceptors (Lipinski definition) is 2. The predicted octanol–water partition coefficient (Wildman–Crippen LogP) is 4.32. The molecule has 0 bridgehead atoms. The molecule has 90 valence electrons. The van der Waals surface area contributed by atoms with E-state index in [1.54, 1.807) is 11.3 Å². The summed E-state index contributed by atoms with van der Waals surface area (Å²) < 4.78 is 1.20. The molecule has 0 aliphatic carbocycles. The Morgan fingerprint density at radius 3 is 2.47 bits per heavy atom. The summed E-state index contributed by atoms with van der Waals surface area (Å²) in [5, 5.41) is 5.51. The molecule has 3 heteroatoms. The Labute approximate surface area is 115 Å². The molecule has 0 saturated carbocycles. The average Bonchev–Trinajstić information content (AvgIpc) is 2.75. The van der Waals surface area contributed by atoms with Gasteiger partial charge in [0.1, 0.15) is 0 Å². The van der Waals surface area contributed by atoms with Crippen molar-refractivity contribution in [3.8, 4) is 0 Å². The Morgan fingerprint density at radius 1 is 1.24 bits per heavy atom. The molecule has 2 aromatic rings. The smallest absolute Gasteiger partial charge is 0.0464 e. The molecule has 1 nitrogen and oxygen atoms in total. The Morgan fingerprint density at radius 2 is 1.94 bits per heavy atom. The summed E-state index contributed by atoms with van der Waals surface area (Å²) in [7, 11) is 2.02. The van der Waals surface area contributed by atoms with Gasteiger partial charge in [0, 0.05) is 15.4 Å². The second kappa shape index (κ2) is 5.80. The van der Waals surface area contributed by atoms with Crippen LogP contribution in [0.2, 0.25) is 0 Å². The minimum Gasteiger partial charge on any atom is -0.312 e. The third kappa shape index (κ3) is 3.18. The SMILES string of the molecule is CNC(Cc1ccc(C)cc1)c1sccc1Br. The summed E-state index contributed by atoms with van der Waals surface area (Å²) in [5.41, 5.74) is 2.68. The molecule has 1 atom stereocenters. The molecule has 17 heavy (non-hydrogen) atoms. The van der Waals surface area contributed by atoms with Crippen LogP contribution in [0.3, 0.4) is 0 Å². The Bertz CT molecular complexity index is 475. The topological polar surface area (TPSA) is 12.0 Å². The number of rotatable bonds is 4. The average molecular weight is 310 g/mol. The van der Waals surface area contributed by atoms with Crippen molar-refractivity contribution in [1.29, 1.82) is 0 Å². The first-order valence-electron chi connectivity index (χ1n) is 5.66. The van der Waals surface area contributed by atoms with Crippen LogP contribution in [-0.4, -0.2) is 7.05 Å². The molecule has 1 aromatic heterocycles. The van der Waals surface area contributed by atoms with Gasteiger partial charge in [-0.15, -0.1) is 11.3 Å². The molecule has 1 unspecified atom stereocenters. The van der Waals surface area contributed by atoms with Gasteiger partial charge in [-0.3, -0.25) is 0 Å². The monoisotopic (exact) mass is 309 g/mol. The van der Waals surface area contributed by atoms with Crippen molar-refractivity contribution in [1.82, 2.24) is 5.32 Å². The van der Waals surface area contributed by atoms with Crippen LogP contribution in [0.15, 0.2) is 40.2 Å². The van der Waals surface area contributed by atoms with E-state index in [9.17, 15) is 0 Å². The molecule has 1 heterocycles. The van der Waals surface area contributed by atoms with Crippen LogP contribution in [-0.2, 0) is 6.42 Å². The van der Waals surface area contributed by atoms with E-state index in [0.29, 0.717) is 6.04 Å². The van der Waals surface area contributed by atoms with Crippen molar-refractivity contribution >= 4 is 27.3 Å². The fourth-order valence-corrected chi connectivity index (χ4v) is 3.60. The van der Waals surface area contributed by atoms with Crippen LogP contribution in [0.25, 0.3) is 0 Å². The van der Waals surface area contributed by atoms with Crippen molar-refractivity contribution < 1.29 is 0 Å². The zero-order valence-corrected chi connectivity index (χ0v) is 12.4. The zero-order chi connectivity index (χ0) is 12.3. The summed E-state index contributed by atoms with van der Waals surface area (Å²) in [6.45, 7) is 2.12. The summed E-state index contributed by atoms with van der Waals surface area (Å²) >= 11 is 5.40. The highest BCUT2D eigenvalue weighted by molar-refractivity contribution is 9.10. The standard InChI is InChI=1S/C14H16BrNS/c1-10-3-5-11(6-4-10)9-13(16-2)14-12(15)7-8-17-14/h3-8,13,16H,9H2,1-2H3. The number of likely N-dealkylation sites (N-methyl/N-ethyl adjacent to an activating group) is 1. The highest BCUT2D eigenvalue weighted by Gasteiger charge is 2.14. The molecule has 1 aromatic carbocycles. The lowest BCUT2D eigenvalue weighted by Crippen LogP contribution is -2.18. The Balaban J connectivity index is 2.16. The summed E-state index contributed by atoms with van der Waals surface area (Å²) in [4.78, 5) is 1.37. The fourth-order valence-electron chi connectivity index (χ4n) is 1.84. The minimum absolute atomic E-state index is 0.382. The number of thiophene rings is 1. The first kappa shape index (κ1) is 12.8. The van der Waals surface area contributed by atoms with E-state index in [-0.39, 0.29) is 0 Å². The van der Waals surface area contributed by atoms with Gasteiger partial charge in [-0.05, 0) is 53.3 Å². The molecule has 0 radical (unpaired) electrons. The lowest BCUT2D eigenvalue weighted by molar-refractivity contribution is 0.600. The summed E-state index contributed by atoms with van der Waals surface area (Å²) in [6, 6.07) is 11.3. The maximum Gasteiger partial charge on any atom is 0.0464 e. The van der Waals surface area contributed by atoms with Gasteiger partial charge in [0.05, 0.1) is 0 Å². The molecule has 0 aliphatic rings. The quantitative estimate of drug-likeness (QED) is 0.886. The number of benzene rings is 1. The first-order chi connectivity index (χ1) is 8.20. The van der Waals surface area contributed by atoms with E-state index < -0.39 is 0 Å². The first-order valence-corrected chi connectivity index (χ1v) is 7.33. The zero-order valence-electron chi connectivity index (χ0n) is 10.0. The molecule has 2 rings (SSSR count). The van der Waals surface area contributed by atoms with Crippen molar-refractivity contribution in [3.05, 3.63) is 56.2 Å². The minimum atomic E-state index is 0.382. The number of aryl methyl sites for hydroxylation is 1. The van der Waals surface area contributed by atoms with Gasteiger partial charge in [-0.2, -0.15) is 0 Å². The molecule has 0 amide bonds. The van der Waals surface area contributed by atoms with E-state index in [1.807, 2.05) is 7.05 Å². The van der Waals surface area contributed by atoms with Gasteiger partial charge in [-0.25, -0.2) is 0 Å². The third-order valence-corrected chi connectivity index (χ3v) is 4.85. The Hall–Kier alpha value is -0.640. The second-order valence-corrected chi connectivity index (χ2v) is 5.97. The second-order valence-electron chi connectivity index (χ2n) is 4.16. The summed E-state index contributed by atoms with van der Waals surface area (Å²) in [6.07, 6.45) is 1.02. The van der Waals surface area contributed by atoms with Crippen molar-refractivity contribution in [2.45, 2.75) is 19.4 Å². The number of nitrogens with one attached hydrogen (secondary N) is 1. The summed E-state index contributed by atoms with van der Waals surface area (Å²) in [5.74, 6) is 0. The van der Waals surface area contributed by atoms with Crippen molar-refractivity contribution in [2.75, 3.05) is 7.05 Å². The molecule has 1 N–H and O–H groups in total. The van der Waals surface area contributed by atoms with Crippen LogP contribution < -0.4 is 5.32 Å². The highest BCUT2D eigenvalue weighted by atomic mass is 79.9. The van der Waals surface area contributed by atoms with E-state index >= 15 is 0 Å². The van der Waals surface area contributed by atoms with Gasteiger partial charge >= 0.3 is 0 Å². The van der Waals surface area contributed by atoms with E-state index in [2.05, 4.69) is 63.9 Å². The van der Waals surface area contributed by atoms with Gasteiger partial charge in [0.25, 0.3) is 0 Å². The van der Waals surface area contributed by atoms with E-state index in [1.165, 1.54) is 20.5 Å². The molecule has 0 saturated heterocycles. The fraction of sp³-hybridized carbons (Fsp3) is 0.286. The molecule has 0 aliphatic heterocycles. The normalized spacial score (nSPS) is 12.6. The van der Waals surface area contributed by atoms with Crippen LogP contribution in [0.5, 0.6) is 0 Å². The lowest BCUT2D eigenvalue weighted by atomic mass is 10.0. The van der Waals surface area contributed by atoms with Crippen LogP contribution in [0.4, 0.5) is 0 Å². The highest BCUT2D eigenvalue weighted by Crippen LogP contribution is 2.30. The number of halogens is 1. The largest absolute Gasteiger partial charge is 0.312 e. The van der Waals surface area contributed by atoms with Crippen LogP contribution in [0, 0.1) is 6.92 Å².